The lowest BCUT2D eigenvalue weighted by Gasteiger charge is -2.24. The van der Waals surface area contributed by atoms with Gasteiger partial charge in [-0.1, -0.05) is 18.9 Å². The van der Waals surface area contributed by atoms with E-state index in [1.54, 1.807) is 0 Å². The van der Waals surface area contributed by atoms with Crippen LogP contribution in [0.15, 0.2) is 22.7 Å². The van der Waals surface area contributed by atoms with Crippen LogP contribution in [0.5, 0.6) is 0 Å². The molecule has 3 heteroatoms. The van der Waals surface area contributed by atoms with Crippen molar-refractivity contribution >= 4 is 21.6 Å². The lowest BCUT2D eigenvalue weighted by molar-refractivity contribution is 0.547. The summed E-state index contributed by atoms with van der Waals surface area (Å²) in [7, 11) is 2.20. The summed E-state index contributed by atoms with van der Waals surface area (Å²) in [5, 5.41) is 0. The fourth-order valence-corrected chi connectivity index (χ4v) is 3.59. The highest BCUT2D eigenvalue weighted by atomic mass is 79.9. The minimum atomic E-state index is 0.712. The van der Waals surface area contributed by atoms with E-state index >= 15 is 0 Å². The topological polar surface area (TPSA) is 29.3 Å². The standard InChI is InChI=1S/C15H23BrN2/c1-18(11-13-4-2-3-5-13)15-7-6-12(8-9-17)10-14(15)16/h6-7,10,13H,2-5,8-9,11,17H2,1H3. The summed E-state index contributed by atoms with van der Waals surface area (Å²) in [6, 6.07) is 6.61. The molecule has 0 spiro atoms. The van der Waals surface area contributed by atoms with Gasteiger partial charge in [-0.25, -0.2) is 0 Å². The van der Waals surface area contributed by atoms with Crippen molar-refractivity contribution in [2.75, 3.05) is 25.0 Å². The number of hydrogen-bond acceptors (Lipinski definition) is 2. The van der Waals surface area contributed by atoms with E-state index < -0.39 is 0 Å². The third-order valence-electron chi connectivity index (χ3n) is 3.86. The molecule has 0 heterocycles. The molecule has 100 valence electrons. The van der Waals surface area contributed by atoms with Gasteiger partial charge in [-0.05, 0) is 65.4 Å². The van der Waals surface area contributed by atoms with E-state index in [1.165, 1.54) is 48.0 Å². The van der Waals surface area contributed by atoms with Gasteiger partial charge < -0.3 is 10.6 Å². The molecule has 1 aromatic rings. The summed E-state index contributed by atoms with van der Waals surface area (Å²) >= 11 is 3.68. The Bertz CT molecular complexity index is 386. The SMILES string of the molecule is CN(CC1CCCC1)c1ccc(CCN)cc1Br. The van der Waals surface area contributed by atoms with Crippen LogP contribution in [0.4, 0.5) is 5.69 Å². The second kappa shape index (κ2) is 6.58. The molecule has 18 heavy (non-hydrogen) atoms. The fourth-order valence-electron chi connectivity index (χ4n) is 2.86. The van der Waals surface area contributed by atoms with E-state index in [-0.39, 0.29) is 0 Å². The van der Waals surface area contributed by atoms with Crippen LogP contribution in [0, 0.1) is 5.92 Å². The first-order valence-electron chi connectivity index (χ1n) is 6.90. The molecule has 2 N–H and O–H groups in total. The van der Waals surface area contributed by atoms with Crippen molar-refractivity contribution in [3.05, 3.63) is 28.2 Å². The highest BCUT2D eigenvalue weighted by Crippen LogP contribution is 2.30. The smallest absolute Gasteiger partial charge is 0.0508 e. The average Bonchev–Trinajstić information content (AvgIpc) is 2.82. The molecule has 0 bridgehead atoms. The number of rotatable bonds is 5. The van der Waals surface area contributed by atoms with Gasteiger partial charge in [-0.2, -0.15) is 0 Å². The van der Waals surface area contributed by atoms with Crippen LogP contribution >= 0.6 is 15.9 Å². The second-order valence-electron chi connectivity index (χ2n) is 5.36. The first kappa shape index (κ1) is 13.9. The predicted molar refractivity (Wildman–Crippen MR) is 82.1 cm³/mol. The minimum Gasteiger partial charge on any atom is -0.373 e. The summed E-state index contributed by atoms with van der Waals surface area (Å²) in [6.45, 7) is 1.89. The zero-order valence-electron chi connectivity index (χ0n) is 11.2. The van der Waals surface area contributed by atoms with Gasteiger partial charge in [0, 0.05) is 18.1 Å². The Kier molecular flexibility index (Phi) is 5.07. The van der Waals surface area contributed by atoms with Crippen molar-refractivity contribution in [2.24, 2.45) is 11.7 Å². The zero-order chi connectivity index (χ0) is 13.0. The molecule has 1 aliphatic rings. The van der Waals surface area contributed by atoms with Crippen molar-refractivity contribution in [1.82, 2.24) is 0 Å². The number of nitrogens with two attached hydrogens (primary N) is 1. The van der Waals surface area contributed by atoms with Crippen molar-refractivity contribution in [2.45, 2.75) is 32.1 Å². The van der Waals surface area contributed by atoms with Gasteiger partial charge in [-0.3, -0.25) is 0 Å². The van der Waals surface area contributed by atoms with Crippen LogP contribution < -0.4 is 10.6 Å². The molecule has 1 saturated carbocycles. The number of halogens is 1. The number of anilines is 1. The molecule has 0 amide bonds. The highest BCUT2D eigenvalue weighted by molar-refractivity contribution is 9.10. The lowest BCUT2D eigenvalue weighted by atomic mass is 10.1. The van der Waals surface area contributed by atoms with E-state index in [9.17, 15) is 0 Å². The third kappa shape index (κ3) is 3.48. The Balaban J connectivity index is 2.02. The molecule has 1 aromatic carbocycles. The van der Waals surface area contributed by atoms with Crippen molar-refractivity contribution in [3.63, 3.8) is 0 Å². The highest BCUT2D eigenvalue weighted by Gasteiger charge is 2.17. The molecule has 1 aliphatic carbocycles. The van der Waals surface area contributed by atoms with E-state index in [1.807, 2.05) is 0 Å². The summed E-state index contributed by atoms with van der Waals surface area (Å²) in [4.78, 5) is 2.38. The molecule has 0 aromatic heterocycles. The monoisotopic (exact) mass is 310 g/mol. The molecule has 0 saturated heterocycles. The Hall–Kier alpha value is -0.540. The molecule has 0 aliphatic heterocycles. The first-order chi connectivity index (χ1) is 8.70. The van der Waals surface area contributed by atoms with E-state index in [0.29, 0.717) is 6.54 Å². The third-order valence-corrected chi connectivity index (χ3v) is 4.50. The Morgan fingerprint density at radius 2 is 2.06 bits per heavy atom. The van der Waals surface area contributed by atoms with Crippen molar-refractivity contribution in [1.29, 1.82) is 0 Å². The molecule has 0 radical (unpaired) electrons. The van der Waals surface area contributed by atoms with Crippen molar-refractivity contribution in [3.8, 4) is 0 Å². The van der Waals surface area contributed by atoms with Gasteiger partial charge in [0.1, 0.15) is 0 Å². The summed E-state index contributed by atoms with van der Waals surface area (Å²) in [6.07, 6.45) is 6.57. The largest absolute Gasteiger partial charge is 0.373 e. The minimum absolute atomic E-state index is 0.712. The first-order valence-corrected chi connectivity index (χ1v) is 7.69. The van der Waals surface area contributed by atoms with Crippen molar-refractivity contribution < 1.29 is 0 Å². The zero-order valence-corrected chi connectivity index (χ0v) is 12.7. The molecule has 1 fully saturated rings. The van der Waals surface area contributed by atoms with E-state index in [2.05, 4.69) is 46.1 Å². The quantitative estimate of drug-likeness (QED) is 0.900. The number of nitrogens with zero attached hydrogens (tertiary/aromatic N) is 1. The molecule has 0 atom stereocenters. The fraction of sp³-hybridized carbons (Fsp3) is 0.600. The Morgan fingerprint density at radius 3 is 2.67 bits per heavy atom. The maximum atomic E-state index is 5.59. The molecular weight excluding hydrogens is 288 g/mol. The number of hydrogen-bond donors (Lipinski definition) is 1. The summed E-state index contributed by atoms with van der Waals surface area (Å²) < 4.78 is 1.19. The lowest BCUT2D eigenvalue weighted by Crippen LogP contribution is -2.24. The molecular formula is C15H23BrN2. The number of benzene rings is 1. The van der Waals surface area contributed by atoms with Crippen LogP contribution in [-0.4, -0.2) is 20.1 Å². The van der Waals surface area contributed by atoms with Gasteiger partial charge in [0.2, 0.25) is 0 Å². The maximum absolute atomic E-state index is 5.59. The molecule has 2 rings (SSSR count). The van der Waals surface area contributed by atoms with Gasteiger partial charge in [0.05, 0.1) is 5.69 Å². The van der Waals surface area contributed by atoms with E-state index in [0.717, 1.165) is 12.3 Å². The predicted octanol–water partition coefficient (Wildman–Crippen LogP) is 3.58. The average molecular weight is 311 g/mol. The van der Waals surface area contributed by atoms with Gasteiger partial charge >= 0.3 is 0 Å². The second-order valence-corrected chi connectivity index (χ2v) is 6.21. The summed E-state index contributed by atoms with van der Waals surface area (Å²) in [5.41, 5.74) is 8.19. The Morgan fingerprint density at radius 1 is 1.33 bits per heavy atom. The van der Waals surface area contributed by atoms with Crippen LogP contribution in [0.2, 0.25) is 0 Å². The van der Waals surface area contributed by atoms with Gasteiger partial charge in [0.15, 0.2) is 0 Å². The van der Waals surface area contributed by atoms with Gasteiger partial charge in [0.25, 0.3) is 0 Å². The maximum Gasteiger partial charge on any atom is 0.0508 e. The summed E-state index contributed by atoms with van der Waals surface area (Å²) in [5.74, 6) is 0.880. The molecule has 2 nitrogen and oxygen atoms in total. The molecule has 0 unspecified atom stereocenters. The van der Waals surface area contributed by atoms with Crippen LogP contribution in [0.3, 0.4) is 0 Å². The van der Waals surface area contributed by atoms with E-state index in [4.69, 9.17) is 5.73 Å². The Labute approximate surface area is 119 Å². The van der Waals surface area contributed by atoms with Crippen LogP contribution in [0.1, 0.15) is 31.2 Å². The van der Waals surface area contributed by atoms with Gasteiger partial charge in [-0.15, -0.1) is 0 Å². The normalized spacial score (nSPS) is 16.2. The van der Waals surface area contributed by atoms with Crippen LogP contribution in [-0.2, 0) is 6.42 Å². The van der Waals surface area contributed by atoms with Crippen LogP contribution in [0.25, 0.3) is 0 Å².